The second-order valence-corrected chi connectivity index (χ2v) is 5.52. The Kier molecular flexibility index (Phi) is 3.33. The van der Waals surface area contributed by atoms with Gasteiger partial charge in [0, 0.05) is 16.7 Å². The Morgan fingerprint density at radius 2 is 2.10 bits per heavy atom. The number of hydrogen-bond donors (Lipinski definition) is 2. The first-order chi connectivity index (χ1) is 9.65. The van der Waals surface area contributed by atoms with Gasteiger partial charge in [-0.15, -0.1) is 10.2 Å². The monoisotopic (exact) mass is 303 g/mol. The molecule has 0 saturated carbocycles. The maximum Gasteiger partial charge on any atom is 0.200 e. The number of nitrogens with zero attached hydrogens (tertiary/aromatic N) is 3. The highest BCUT2D eigenvalue weighted by atomic mass is 35.5. The first-order valence-electron chi connectivity index (χ1n) is 5.77. The number of nitrogen functional groups attached to an aromatic ring is 1. The minimum absolute atomic E-state index is 0.0422. The zero-order valence-corrected chi connectivity index (χ0v) is 11.8. The van der Waals surface area contributed by atoms with Crippen LogP contribution in [-0.2, 0) is 0 Å². The molecule has 7 heteroatoms. The summed E-state index contributed by atoms with van der Waals surface area (Å²) in [6, 6.07) is 11.1. The van der Waals surface area contributed by atoms with Crippen LogP contribution < -0.4 is 5.73 Å². The van der Waals surface area contributed by atoms with Crippen LogP contribution in [-0.4, -0.2) is 20.4 Å². The molecule has 3 N–H and O–H groups in total. The second-order valence-electron chi connectivity index (χ2n) is 4.07. The highest BCUT2D eigenvalue weighted by Gasteiger charge is 2.09. The molecule has 0 atom stereocenters. The third kappa shape index (κ3) is 2.35. The summed E-state index contributed by atoms with van der Waals surface area (Å²) in [7, 11) is 0. The molecule has 0 bridgehead atoms. The normalized spacial score (nSPS) is 10.8. The van der Waals surface area contributed by atoms with E-state index in [4.69, 9.17) is 22.7 Å². The summed E-state index contributed by atoms with van der Waals surface area (Å²) in [6.07, 6.45) is 1.91. The lowest BCUT2D eigenvalue weighted by molar-refractivity contribution is 0.921. The SMILES string of the molecule is N=C(N)c1ccc(Sc2nnc3ccccn23)cc1Cl. The van der Waals surface area contributed by atoms with Gasteiger partial charge < -0.3 is 5.73 Å². The number of hydrogen-bond acceptors (Lipinski definition) is 4. The molecule has 20 heavy (non-hydrogen) atoms. The number of rotatable bonds is 3. The van der Waals surface area contributed by atoms with Gasteiger partial charge in [0.1, 0.15) is 5.84 Å². The van der Waals surface area contributed by atoms with E-state index in [0.717, 1.165) is 15.7 Å². The zero-order valence-electron chi connectivity index (χ0n) is 10.2. The Labute approximate surface area is 124 Å². The first-order valence-corrected chi connectivity index (χ1v) is 6.96. The van der Waals surface area contributed by atoms with Gasteiger partial charge in [0.25, 0.3) is 0 Å². The van der Waals surface area contributed by atoms with Gasteiger partial charge in [0.05, 0.1) is 5.02 Å². The van der Waals surface area contributed by atoms with Crippen molar-refractivity contribution in [3.05, 3.63) is 53.2 Å². The number of amidine groups is 1. The predicted octanol–water partition coefficient (Wildman–Crippen LogP) is 2.82. The van der Waals surface area contributed by atoms with Crippen molar-refractivity contribution >= 4 is 34.8 Å². The molecule has 2 heterocycles. The number of fused-ring (bicyclic) bond motifs is 1. The number of pyridine rings is 1. The van der Waals surface area contributed by atoms with Crippen LogP contribution in [0.5, 0.6) is 0 Å². The van der Waals surface area contributed by atoms with Crippen LogP contribution in [0.4, 0.5) is 0 Å². The van der Waals surface area contributed by atoms with E-state index in [1.54, 1.807) is 12.1 Å². The molecule has 0 radical (unpaired) electrons. The fourth-order valence-electron chi connectivity index (χ4n) is 1.77. The van der Waals surface area contributed by atoms with Crippen LogP contribution in [0, 0.1) is 5.41 Å². The fourth-order valence-corrected chi connectivity index (χ4v) is 2.98. The maximum atomic E-state index is 7.41. The topological polar surface area (TPSA) is 80.1 Å². The molecule has 100 valence electrons. The Bertz CT molecular complexity index is 798. The summed E-state index contributed by atoms with van der Waals surface area (Å²) < 4.78 is 1.90. The molecule has 1 aromatic carbocycles. The van der Waals surface area contributed by atoms with Crippen molar-refractivity contribution < 1.29 is 0 Å². The van der Waals surface area contributed by atoms with Crippen LogP contribution in [0.2, 0.25) is 5.02 Å². The first kappa shape index (κ1) is 13.0. The standard InChI is InChI=1S/C13H10ClN5S/c14-10-7-8(4-5-9(10)12(15)16)20-13-18-17-11-3-1-2-6-19(11)13/h1-7H,(H3,15,16). The molecule has 3 aromatic rings. The highest BCUT2D eigenvalue weighted by Crippen LogP contribution is 2.29. The minimum atomic E-state index is -0.0422. The van der Waals surface area contributed by atoms with Gasteiger partial charge in [0.15, 0.2) is 10.8 Å². The Hall–Kier alpha value is -2.05. The highest BCUT2D eigenvalue weighted by molar-refractivity contribution is 7.99. The minimum Gasteiger partial charge on any atom is -0.384 e. The van der Waals surface area contributed by atoms with Crippen LogP contribution in [0.3, 0.4) is 0 Å². The van der Waals surface area contributed by atoms with Gasteiger partial charge in [-0.25, -0.2) is 0 Å². The Morgan fingerprint density at radius 3 is 2.85 bits per heavy atom. The lowest BCUT2D eigenvalue weighted by atomic mass is 10.2. The van der Waals surface area contributed by atoms with Crippen LogP contribution in [0.25, 0.3) is 5.65 Å². The lowest BCUT2D eigenvalue weighted by Crippen LogP contribution is -2.11. The molecule has 0 saturated heterocycles. The molecule has 3 rings (SSSR count). The smallest absolute Gasteiger partial charge is 0.200 e. The lowest BCUT2D eigenvalue weighted by Gasteiger charge is -2.04. The van der Waals surface area contributed by atoms with Crippen molar-refractivity contribution in [1.29, 1.82) is 5.41 Å². The third-order valence-corrected chi connectivity index (χ3v) is 3.99. The molecule has 0 aliphatic carbocycles. The second kappa shape index (κ2) is 5.15. The van der Waals surface area contributed by atoms with E-state index in [2.05, 4.69) is 10.2 Å². The van der Waals surface area contributed by atoms with E-state index in [1.807, 2.05) is 34.9 Å². The quantitative estimate of drug-likeness (QED) is 0.576. The van der Waals surface area contributed by atoms with Crippen LogP contribution in [0.1, 0.15) is 5.56 Å². The van der Waals surface area contributed by atoms with Gasteiger partial charge in [0.2, 0.25) is 0 Å². The van der Waals surface area contributed by atoms with Crippen molar-refractivity contribution in [3.63, 3.8) is 0 Å². The average molecular weight is 304 g/mol. The predicted molar refractivity (Wildman–Crippen MR) is 79.6 cm³/mol. The molecular weight excluding hydrogens is 294 g/mol. The Balaban J connectivity index is 1.95. The van der Waals surface area contributed by atoms with E-state index < -0.39 is 0 Å². The average Bonchev–Trinajstić information content (AvgIpc) is 2.82. The van der Waals surface area contributed by atoms with Crippen LogP contribution >= 0.6 is 23.4 Å². The van der Waals surface area contributed by atoms with Gasteiger partial charge in [-0.2, -0.15) is 0 Å². The van der Waals surface area contributed by atoms with Crippen molar-refractivity contribution in [2.24, 2.45) is 5.73 Å². The van der Waals surface area contributed by atoms with Crippen molar-refractivity contribution in [3.8, 4) is 0 Å². The number of aromatic nitrogens is 3. The molecule has 0 unspecified atom stereocenters. The molecule has 2 aromatic heterocycles. The maximum absolute atomic E-state index is 7.41. The summed E-state index contributed by atoms with van der Waals surface area (Å²) in [5.41, 5.74) is 6.76. The molecular formula is C13H10ClN5S. The number of halogens is 1. The molecule has 0 aliphatic heterocycles. The zero-order chi connectivity index (χ0) is 14.1. The van der Waals surface area contributed by atoms with E-state index in [9.17, 15) is 0 Å². The van der Waals surface area contributed by atoms with Crippen molar-refractivity contribution in [2.45, 2.75) is 10.1 Å². The van der Waals surface area contributed by atoms with E-state index in [-0.39, 0.29) is 5.84 Å². The van der Waals surface area contributed by atoms with E-state index in [0.29, 0.717) is 10.6 Å². The van der Waals surface area contributed by atoms with Crippen LogP contribution in [0.15, 0.2) is 52.6 Å². The van der Waals surface area contributed by atoms with Gasteiger partial charge in [-0.05, 0) is 42.1 Å². The van der Waals surface area contributed by atoms with Gasteiger partial charge >= 0.3 is 0 Å². The molecule has 0 spiro atoms. The summed E-state index contributed by atoms with van der Waals surface area (Å²) in [5.74, 6) is -0.0422. The summed E-state index contributed by atoms with van der Waals surface area (Å²) in [4.78, 5) is 0.915. The fraction of sp³-hybridized carbons (Fsp3) is 0. The number of nitrogens with two attached hydrogens (primary N) is 1. The summed E-state index contributed by atoms with van der Waals surface area (Å²) >= 11 is 7.56. The van der Waals surface area contributed by atoms with Crippen molar-refractivity contribution in [1.82, 2.24) is 14.6 Å². The molecule has 5 nitrogen and oxygen atoms in total. The van der Waals surface area contributed by atoms with Gasteiger partial charge in [-0.1, -0.05) is 17.7 Å². The molecule has 0 aliphatic rings. The van der Waals surface area contributed by atoms with Gasteiger partial charge in [-0.3, -0.25) is 9.81 Å². The summed E-state index contributed by atoms with van der Waals surface area (Å²) in [6.45, 7) is 0. The Morgan fingerprint density at radius 1 is 1.25 bits per heavy atom. The molecule has 0 amide bonds. The van der Waals surface area contributed by atoms with E-state index >= 15 is 0 Å². The summed E-state index contributed by atoms with van der Waals surface area (Å²) in [5, 5.41) is 16.9. The molecule has 0 fully saturated rings. The number of benzene rings is 1. The number of nitrogens with one attached hydrogen (secondary N) is 1. The largest absolute Gasteiger partial charge is 0.384 e. The van der Waals surface area contributed by atoms with Crippen molar-refractivity contribution in [2.75, 3.05) is 0 Å². The third-order valence-electron chi connectivity index (χ3n) is 2.72. The van der Waals surface area contributed by atoms with E-state index in [1.165, 1.54) is 11.8 Å².